The third kappa shape index (κ3) is 3.41. The molecule has 0 bridgehead atoms. The highest BCUT2D eigenvalue weighted by Gasteiger charge is 2.13. The summed E-state index contributed by atoms with van der Waals surface area (Å²) in [6.07, 6.45) is 3.29. The summed E-state index contributed by atoms with van der Waals surface area (Å²) in [7, 11) is 0. The summed E-state index contributed by atoms with van der Waals surface area (Å²) in [5.74, 6) is 1.17. The Balaban J connectivity index is 1.90. The molecule has 0 atom stereocenters. The normalized spacial score (nSPS) is 10.4. The molecule has 2 N–H and O–H groups in total. The molecular formula is C18H18N4. The summed E-state index contributed by atoms with van der Waals surface area (Å²) >= 11 is 0. The van der Waals surface area contributed by atoms with E-state index in [1.807, 2.05) is 36.4 Å². The molecule has 1 aromatic heterocycles. The third-order valence-corrected chi connectivity index (χ3v) is 3.44. The van der Waals surface area contributed by atoms with Crippen LogP contribution >= 0.6 is 0 Å². The predicted octanol–water partition coefficient (Wildman–Crippen LogP) is 3.27. The van der Waals surface area contributed by atoms with Gasteiger partial charge in [-0.25, -0.2) is 9.97 Å². The fourth-order valence-corrected chi connectivity index (χ4v) is 2.40. The average Bonchev–Trinajstić information content (AvgIpc) is 2.57. The van der Waals surface area contributed by atoms with E-state index < -0.39 is 0 Å². The van der Waals surface area contributed by atoms with Gasteiger partial charge in [0.1, 0.15) is 0 Å². The number of nitrogens with zero attached hydrogens (tertiary/aromatic N) is 3. The number of rotatable bonds is 5. The molecule has 0 amide bonds. The summed E-state index contributed by atoms with van der Waals surface area (Å²) in [5, 5.41) is 0. The van der Waals surface area contributed by atoms with Gasteiger partial charge >= 0.3 is 0 Å². The number of benzene rings is 2. The van der Waals surface area contributed by atoms with Crippen LogP contribution in [0.2, 0.25) is 0 Å². The van der Waals surface area contributed by atoms with Crippen molar-refractivity contribution in [2.75, 3.05) is 10.6 Å². The zero-order valence-electron chi connectivity index (χ0n) is 12.3. The quantitative estimate of drug-likeness (QED) is 0.783. The van der Waals surface area contributed by atoms with E-state index in [0.29, 0.717) is 5.82 Å². The molecule has 0 aliphatic carbocycles. The van der Waals surface area contributed by atoms with Gasteiger partial charge in [-0.3, -0.25) is 0 Å². The summed E-state index contributed by atoms with van der Waals surface area (Å²) in [6.45, 7) is 1.47. The molecule has 110 valence electrons. The van der Waals surface area contributed by atoms with E-state index >= 15 is 0 Å². The maximum absolute atomic E-state index is 6.01. The van der Waals surface area contributed by atoms with Crippen LogP contribution in [-0.4, -0.2) is 9.97 Å². The fourth-order valence-electron chi connectivity index (χ4n) is 2.40. The Bertz CT molecular complexity index is 672. The van der Waals surface area contributed by atoms with Crippen molar-refractivity contribution in [1.82, 2.24) is 9.97 Å². The first kappa shape index (κ1) is 14.1. The van der Waals surface area contributed by atoms with Crippen molar-refractivity contribution < 1.29 is 0 Å². The molecule has 0 saturated carbocycles. The molecule has 3 aromatic rings. The molecule has 0 spiro atoms. The zero-order chi connectivity index (χ0) is 15.2. The molecule has 0 aliphatic rings. The molecular weight excluding hydrogens is 272 g/mol. The highest BCUT2D eigenvalue weighted by molar-refractivity contribution is 5.57. The monoisotopic (exact) mass is 290 g/mol. The lowest BCUT2D eigenvalue weighted by Gasteiger charge is -2.24. The highest BCUT2D eigenvalue weighted by Crippen LogP contribution is 2.22. The van der Waals surface area contributed by atoms with Crippen LogP contribution in [0.3, 0.4) is 0 Å². The van der Waals surface area contributed by atoms with E-state index in [9.17, 15) is 0 Å². The van der Waals surface area contributed by atoms with Crippen LogP contribution in [0.5, 0.6) is 0 Å². The topological polar surface area (TPSA) is 55.0 Å². The van der Waals surface area contributed by atoms with Crippen LogP contribution in [0.25, 0.3) is 0 Å². The van der Waals surface area contributed by atoms with Crippen molar-refractivity contribution in [3.63, 3.8) is 0 Å². The van der Waals surface area contributed by atoms with Gasteiger partial charge in [0.05, 0.1) is 0 Å². The highest BCUT2D eigenvalue weighted by atomic mass is 15.2. The predicted molar refractivity (Wildman–Crippen MR) is 89.2 cm³/mol. The smallest absolute Gasteiger partial charge is 0.172 e. The van der Waals surface area contributed by atoms with E-state index in [4.69, 9.17) is 5.73 Å². The Morgan fingerprint density at radius 3 is 1.73 bits per heavy atom. The number of nitrogen functional groups attached to an aromatic ring is 1. The van der Waals surface area contributed by atoms with Crippen molar-refractivity contribution in [2.45, 2.75) is 13.1 Å². The molecule has 0 radical (unpaired) electrons. The standard InChI is InChI=1S/C18H18N4/c19-17-18(21-12-11-20-17)22(13-15-7-3-1-4-8-15)14-16-9-5-2-6-10-16/h1-12H,13-14H2,(H2,19,20). The van der Waals surface area contributed by atoms with Gasteiger partial charge in [-0.2, -0.15) is 0 Å². The second kappa shape index (κ2) is 6.72. The lowest BCUT2D eigenvalue weighted by molar-refractivity contribution is 0.782. The maximum atomic E-state index is 6.01. The largest absolute Gasteiger partial charge is 0.381 e. The fraction of sp³-hybridized carbons (Fsp3) is 0.111. The number of aromatic nitrogens is 2. The Kier molecular flexibility index (Phi) is 4.30. The molecule has 4 nitrogen and oxygen atoms in total. The molecule has 0 aliphatic heterocycles. The third-order valence-electron chi connectivity index (χ3n) is 3.44. The van der Waals surface area contributed by atoms with Crippen molar-refractivity contribution in [3.8, 4) is 0 Å². The maximum Gasteiger partial charge on any atom is 0.172 e. The average molecular weight is 290 g/mol. The van der Waals surface area contributed by atoms with Crippen LogP contribution < -0.4 is 10.6 Å². The number of hydrogen-bond donors (Lipinski definition) is 1. The number of nitrogens with two attached hydrogens (primary N) is 1. The first-order valence-electron chi connectivity index (χ1n) is 7.22. The first-order valence-corrected chi connectivity index (χ1v) is 7.22. The minimum absolute atomic E-state index is 0.453. The Hall–Kier alpha value is -2.88. The zero-order valence-corrected chi connectivity index (χ0v) is 12.3. The Labute approximate surface area is 130 Å². The van der Waals surface area contributed by atoms with Gasteiger partial charge in [-0.15, -0.1) is 0 Å². The van der Waals surface area contributed by atoms with Gasteiger partial charge in [0.25, 0.3) is 0 Å². The summed E-state index contributed by atoms with van der Waals surface area (Å²) in [6, 6.07) is 20.6. The van der Waals surface area contributed by atoms with Gasteiger partial charge in [-0.1, -0.05) is 60.7 Å². The van der Waals surface area contributed by atoms with Crippen molar-refractivity contribution in [3.05, 3.63) is 84.2 Å². The molecule has 22 heavy (non-hydrogen) atoms. The van der Waals surface area contributed by atoms with Gasteiger partial charge in [0.2, 0.25) is 0 Å². The van der Waals surface area contributed by atoms with Crippen LogP contribution in [0, 0.1) is 0 Å². The van der Waals surface area contributed by atoms with Crippen LogP contribution in [0.15, 0.2) is 73.1 Å². The molecule has 0 fully saturated rings. The van der Waals surface area contributed by atoms with Gasteiger partial charge < -0.3 is 10.6 Å². The number of anilines is 2. The van der Waals surface area contributed by atoms with E-state index in [1.165, 1.54) is 11.1 Å². The SMILES string of the molecule is Nc1nccnc1N(Cc1ccccc1)Cc1ccccc1. The lowest BCUT2D eigenvalue weighted by Crippen LogP contribution is -2.24. The van der Waals surface area contributed by atoms with Gasteiger partial charge in [-0.05, 0) is 11.1 Å². The Morgan fingerprint density at radius 2 is 1.23 bits per heavy atom. The van der Waals surface area contributed by atoms with E-state index in [1.54, 1.807) is 12.4 Å². The van der Waals surface area contributed by atoms with Gasteiger partial charge in [0.15, 0.2) is 11.6 Å². The molecule has 3 rings (SSSR count). The van der Waals surface area contributed by atoms with E-state index in [-0.39, 0.29) is 0 Å². The minimum Gasteiger partial charge on any atom is -0.381 e. The lowest BCUT2D eigenvalue weighted by atomic mass is 10.1. The minimum atomic E-state index is 0.453. The second-order valence-electron chi connectivity index (χ2n) is 5.09. The molecule has 0 unspecified atom stereocenters. The summed E-state index contributed by atoms with van der Waals surface area (Å²) in [5.41, 5.74) is 8.44. The Morgan fingerprint density at radius 1 is 0.727 bits per heavy atom. The van der Waals surface area contributed by atoms with Crippen LogP contribution in [0.4, 0.5) is 11.6 Å². The van der Waals surface area contributed by atoms with E-state index in [2.05, 4.69) is 39.1 Å². The molecule has 0 saturated heterocycles. The van der Waals surface area contributed by atoms with Crippen molar-refractivity contribution >= 4 is 11.6 Å². The second-order valence-corrected chi connectivity index (χ2v) is 5.09. The molecule has 1 heterocycles. The first-order chi connectivity index (χ1) is 10.8. The van der Waals surface area contributed by atoms with Crippen molar-refractivity contribution in [1.29, 1.82) is 0 Å². The molecule has 2 aromatic carbocycles. The summed E-state index contributed by atoms with van der Waals surface area (Å²) in [4.78, 5) is 10.7. The van der Waals surface area contributed by atoms with Crippen molar-refractivity contribution in [2.24, 2.45) is 0 Å². The van der Waals surface area contributed by atoms with E-state index in [0.717, 1.165) is 18.9 Å². The number of hydrogen-bond acceptors (Lipinski definition) is 4. The van der Waals surface area contributed by atoms with Crippen LogP contribution in [0.1, 0.15) is 11.1 Å². The summed E-state index contributed by atoms with van der Waals surface area (Å²) < 4.78 is 0. The molecule has 4 heteroatoms. The van der Waals surface area contributed by atoms with Gasteiger partial charge in [0, 0.05) is 25.5 Å². The van der Waals surface area contributed by atoms with Crippen LogP contribution in [-0.2, 0) is 13.1 Å².